The number of likely N-dealkylation sites (tertiary alicyclic amines) is 1. The van der Waals surface area contributed by atoms with Crippen LogP contribution < -0.4 is 0 Å². The molecule has 2 saturated carbocycles. The number of hydrogen-bond donors (Lipinski definition) is 1. The van der Waals surface area contributed by atoms with E-state index in [1.54, 1.807) is 35.2 Å². The first-order valence-electron chi connectivity index (χ1n) is 18.8. The molecule has 1 N–H and O–H groups in total. The summed E-state index contributed by atoms with van der Waals surface area (Å²) in [5, 5.41) is 13.1. The molecule has 9 heteroatoms. The number of rotatable bonds is 5. The first-order valence-corrected chi connectivity index (χ1v) is 18.8. The predicted octanol–water partition coefficient (Wildman–Crippen LogP) is 6.24. The third-order valence-corrected chi connectivity index (χ3v) is 14.5. The average molecular weight is 698 g/mol. The summed E-state index contributed by atoms with van der Waals surface area (Å²) in [5.41, 5.74) is -2.40. The number of fused-ring (bicyclic) bond motifs is 3. The van der Waals surface area contributed by atoms with Crippen molar-refractivity contribution < 1.29 is 38.5 Å². The lowest BCUT2D eigenvalue weighted by Gasteiger charge is -2.57. The van der Waals surface area contributed by atoms with E-state index >= 15 is 4.79 Å². The highest BCUT2D eigenvalue weighted by atomic mass is 16.6. The molecule has 0 radical (unpaired) electrons. The Kier molecular flexibility index (Phi) is 7.35. The molecule has 3 aliphatic carbocycles. The van der Waals surface area contributed by atoms with E-state index in [4.69, 9.17) is 14.2 Å². The highest BCUT2D eigenvalue weighted by Gasteiger charge is 2.93. The monoisotopic (exact) mass is 697 g/mol. The average Bonchev–Trinajstić information content (AvgIpc) is 3.68. The summed E-state index contributed by atoms with van der Waals surface area (Å²) in [4.78, 5) is 58.2. The van der Waals surface area contributed by atoms with Gasteiger partial charge in [0.2, 0.25) is 0 Å². The molecular weight excluding hydrogens is 646 g/mol. The van der Waals surface area contributed by atoms with E-state index in [9.17, 15) is 19.5 Å². The maximum absolute atomic E-state index is 15.2. The Hall–Kier alpha value is -3.72. The molecule has 8 rings (SSSR count). The van der Waals surface area contributed by atoms with Crippen molar-refractivity contribution in [2.45, 2.75) is 129 Å². The topological polar surface area (TPSA) is 119 Å². The second-order valence-electron chi connectivity index (χ2n) is 18.3. The van der Waals surface area contributed by atoms with Crippen LogP contribution in [0, 0.1) is 27.6 Å². The fourth-order valence-electron chi connectivity index (χ4n) is 12.1. The number of esters is 3. The van der Waals surface area contributed by atoms with E-state index in [2.05, 4.69) is 45.9 Å². The summed E-state index contributed by atoms with van der Waals surface area (Å²) in [6.07, 6.45) is 0.408. The standard InChI is InChI=1S/C42H51NO8/c1-24(2)26-14-16-28-27(20-26)15-17-29-38(6,18-11-19-39(28,29)7)23-43-33(45)32(50-34(46)25-12-9-8-10-13-25)42-35(43)51-36(47)40(42)22-31(44)49-30(40)21-41(42,48)37(3,4)5/h8-10,12-14,16,20,24,29-30,32,35,48H,11,15,17-19,21-23H2,1-7H3/t29-,30-,32-,35-,38-,39+,40-,41+,42?/m0/s1. The van der Waals surface area contributed by atoms with Gasteiger partial charge in [-0.3, -0.25) is 14.4 Å². The zero-order chi connectivity index (χ0) is 36.5. The van der Waals surface area contributed by atoms with Crippen molar-refractivity contribution in [1.29, 1.82) is 0 Å². The van der Waals surface area contributed by atoms with E-state index in [1.807, 2.05) is 20.8 Å². The second-order valence-corrected chi connectivity index (χ2v) is 18.3. The Balaban J connectivity index is 1.25. The number of aliphatic hydroxyl groups is 1. The van der Waals surface area contributed by atoms with Gasteiger partial charge < -0.3 is 24.2 Å². The molecule has 51 heavy (non-hydrogen) atoms. The van der Waals surface area contributed by atoms with E-state index in [1.165, 1.54) is 16.7 Å². The minimum Gasteiger partial charge on any atom is -0.461 e. The normalized spacial score (nSPS) is 39.5. The SMILES string of the molecule is CC(C)c1ccc2c(c1)CC[C@H]1[C@](C)(CN3C(=O)[C@H](OC(=O)c4ccccc4)C45[C@@H]3OC(=O)[C@@]43CC(=O)O[C@H]3C[C@@]5(O)C(C)(C)C)CCC[C@]21C. The van der Waals surface area contributed by atoms with Crippen molar-refractivity contribution >= 4 is 23.8 Å². The van der Waals surface area contributed by atoms with Gasteiger partial charge in [0.05, 0.1) is 17.6 Å². The smallest absolute Gasteiger partial charge is 0.338 e. The molecule has 0 bridgehead atoms. The summed E-state index contributed by atoms with van der Waals surface area (Å²) in [6.45, 7) is 14.8. The van der Waals surface area contributed by atoms with Gasteiger partial charge in [-0.1, -0.05) is 91.3 Å². The molecule has 5 fully saturated rings. The van der Waals surface area contributed by atoms with Gasteiger partial charge in [-0.15, -0.1) is 0 Å². The molecule has 9 atom stereocenters. The predicted molar refractivity (Wildman–Crippen MR) is 187 cm³/mol. The number of carbonyl (C=O) groups excluding carboxylic acids is 4. The summed E-state index contributed by atoms with van der Waals surface area (Å²) >= 11 is 0. The molecule has 1 unspecified atom stereocenters. The van der Waals surface area contributed by atoms with Gasteiger partial charge in [-0.05, 0) is 82.6 Å². The van der Waals surface area contributed by atoms with Crippen LogP contribution in [-0.4, -0.2) is 64.4 Å². The van der Waals surface area contributed by atoms with E-state index in [-0.39, 0.29) is 36.3 Å². The van der Waals surface area contributed by atoms with Gasteiger partial charge in [0.25, 0.3) is 5.91 Å². The van der Waals surface area contributed by atoms with Crippen LogP contribution in [0.15, 0.2) is 48.5 Å². The minimum absolute atomic E-state index is 0.0819. The molecule has 2 aromatic rings. The Morgan fingerprint density at radius 1 is 1.04 bits per heavy atom. The molecule has 272 valence electrons. The first kappa shape index (κ1) is 34.4. The zero-order valence-corrected chi connectivity index (χ0v) is 30.9. The lowest BCUT2D eigenvalue weighted by molar-refractivity contribution is -0.213. The fraction of sp³-hybridized carbons (Fsp3) is 0.619. The summed E-state index contributed by atoms with van der Waals surface area (Å²) in [7, 11) is 0. The lowest BCUT2D eigenvalue weighted by atomic mass is 9.49. The molecule has 9 nitrogen and oxygen atoms in total. The van der Waals surface area contributed by atoms with E-state index in [0.717, 1.165) is 32.1 Å². The third-order valence-electron chi connectivity index (χ3n) is 14.5. The highest BCUT2D eigenvalue weighted by molar-refractivity contribution is 5.99. The van der Waals surface area contributed by atoms with E-state index in [0.29, 0.717) is 5.92 Å². The molecule has 0 aromatic heterocycles. The molecule has 3 heterocycles. The Bertz CT molecular complexity index is 1830. The minimum atomic E-state index is -1.80. The van der Waals surface area contributed by atoms with Crippen molar-refractivity contribution in [1.82, 2.24) is 4.90 Å². The molecule has 1 amide bonds. The van der Waals surface area contributed by atoms with Crippen LogP contribution in [0.4, 0.5) is 0 Å². The quantitative estimate of drug-likeness (QED) is 0.288. The van der Waals surface area contributed by atoms with Crippen molar-refractivity contribution in [2.75, 3.05) is 6.54 Å². The van der Waals surface area contributed by atoms with Crippen molar-refractivity contribution in [3.63, 3.8) is 0 Å². The van der Waals surface area contributed by atoms with Gasteiger partial charge in [0.15, 0.2) is 12.3 Å². The van der Waals surface area contributed by atoms with Crippen LogP contribution in [0.25, 0.3) is 0 Å². The molecule has 3 saturated heterocycles. The maximum atomic E-state index is 15.2. The number of nitrogens with zero attached hydrogens (tertiary/aromatic N) is 1. The number of carbonyl (C=O) groups is 4. The number of aryl methyl sites for hydroxylation is 1. The van der Waals surface area contributed by atoms with Crippen LogP contribution in [0.1, 0.15) is 120 Å². The molecule has 6 aliphatic rings. The van der Waals surface area contributed by atoms with Crippen molar-refractivity contribution in [2.24, 2.45) is 27.6 Å². The summed E-state index contributed by atoms with van der Waals surface area (Å²) in [6, 6.07) is 15.3. The van der Waals surface area contributed by atoms with Gasteiger partial charge in [-0.25, -0.2) is 4.79 Å². The number of benzene rings is 2. The zero-order valence-electron chi connectivity index (χ0n) is 30.9. The fourth-order valence-corrected chi connectivity index (χ4v) is 12.1. The van der Waals surface area contributed by atoms with Crippen LogP contribution in [0.3, 0.4) is 0 Å². The number of ether oxygens (including phenoxy) is 3. The van der Waals surface area contributed by atoms with Gasteiger partial charge in [-0.2, -0.15) is 0 Å². The molecule has 2 spiro atoms. The second kappa shape index (κ2) is 10.9. The largest absolute Gasteiger partial charge is 0.461 e. The number of amides is 1. The molecule has 2 aromatic carbocycles. The van der Waals surface area contributed by atoms with Crippen molar-refractivity contribution in [3.05, 3.63) is 70.8 Å². The highest BCUT2D eigenvalue weighted by Crippen LogP contribution is 2.76. The van der Waals surface area contributed by atoms with Gasteiger partial charge in [0.1, 0.15) is 16.9 Å². The molecular formula is C42H51NO8. The van der Waals surface area contributed by atoms with Crippen LogP contribution in [0.2, 0.25) is 0 Å². The summed E-state index contributed by atoms with van der Waals surface area (Å²) < 4.78 is 18.4. The molecule has 3 aliphatic heterocycles. The lowest BCUT2D eigenvalue weighted by Crippen LogP contribution is -2.66. The number of hydrogen-bond acceptors (Lipinski definition) is 8. The van der Waals surface area contributed by atoms with E-state index < -0.39 is 69.5 Å². The maximum Gasteiger partial charge on any atom is 0.338 e. The Morgan fingerprint density at radius 2 is 1.76 bits per heavy atom. The van der Waals surface area contributed by atoms with Gasteiger partial charge in [0, 0.05) is 13.0 Å². The Morgan fingerprint density at radius 3 is 2.45 bits per heavy atom. The van der Waals surface area contributed by atoms with Crippen LogP contribution >= 0.6 is 0 Å². The Labute approximate surface area is 300 Å². The van der Waals surface area contributed by atoms with Crippen molar-refractivity contribution in [3.8, 4) is 0 Å². The van der Waals surface area contributed by atoms with Crippen LogP contribution in [0.5, 0.6) is 0 Å². The third kappa shape index (κ3) is 4.24. The summed E-state index contributed by atoms with van der Waals surface area (Å²) in [5.74, 6) is -1.88. The first-order chi connectivity index (χ1) is 23.9. The van der Waals surface area contributed by atoms with Gasteiger partial charge >= 0.3 is 17.9 Å². The van der Waals surface area contributed by atoms with Crippen LogP contribution in [-0.2, 0) is 40.4 Å².